The number of aryl methyl sites for hydroxylation is 1. The molecule has 1 rings (SSSR count). The monoisotopic (exact) mass is 389 g/mol. The van der Waals surface area contributed by atoms with Gasteiger partial charge in [0.2, 0.25) is 15.8 Å². The largest absolute Gasteiger partial charge is 0.293 e. The van der Waals surface area contributed by atoms with E-state index in [0.29, 0.717) is 6.42 Å². The van der Waals surface area contributed by atoms with Crippen LogP contribution in [0.25, 0.3) is 0 Å². The Hall–Kier alpha value is -2.23. The number of ketones is 2. The first kappa shape index (κ1) is 22.8. The number of unbranched alkanes of at least 4 members (excludes halogenated alkanes) is 4. The molecule has 146 valence electrons. The third-order valence-electron chi connectivity index (χ3n) is 3.86. The van der Waals surface area contributed by atoms with Gasteiger partial charge in [0.25, 0.3) is 0 Å². The van der Waals surface area contributed by atoms with Crippen molar-refractivity contribution >= 4 is 21.6 Å². The topological polar surface area (TPSA) is 80.3 Å². The van der Waals surface area contributed by atoms with Crippen LogP contribution in [-0.2, 0) is 19.6 Å². The van der Waals surface area contributed by atoms with Crippen LogP contribution >= 0.6 is 0 Å². The van der Waals surface area contributed by atoms with Crippen molar-refractivity contribution in [2.75, 3.05) is 0 Å². The highest BCUT2D eigenvalue weighted by Crippen LogP contribution is 2.10. The van der Waals surface area contributed by atoms with Crippen molar-refractivity contribution in [3.8, 4) is 11.8 Å². The smallest absolute Gasteiger partial charge is 0.241 e. The van der Waals surface area contributed by atoms with E-state index in [-0.39, 0.29) is 4.90 Å². The molecule has 1 unspecified atom stereocenters. The third-order valence-corrected chi connectivity index (χ3v) is 5.41. The van der Waals surface area contributed by atoms with Crippen LogP contribution in [0.2, 0.25) is 0 Å². The average Bonchev–Trinajstić information content (AvgIpc) is 2.62. The van der Waals surface area contributed by atoms with Gasteiger partial charge in [0.1, 0.15) is 0 Å². The van der Waals surface area contributed by atoms with E-state index in [0.717, 1.165) is 43.4 Å². The molecule has 0 heterocycles. The van der Waals surface area contributed by atoms with Gasteiger partial charge in [0.15, 0.2) is 5.78 Å². The average molecular weight is 390 g/mol. The Morgan fingerprint density at radius 1 is 1.11 bits per heavy atom. The molecule has 1 N–H and O–H groups in total. The summed E-state index contributed by atoms with van der Waals surface area (Å²) in [5, 5.41) is 0. The Bertz CT molecular complexity index is 827. The van der Waals surface area contributed by atoms with E-state index >= 15 is 0 Å². The number of carbonyl (C=O) groups excluding carboxylic acids is 2. The fourth-order valence-corrected chi connectivity index (χ4v) is 3.42. The molecular weight excluding hydrogens is 362 g/mol. The van der Waals surface area contributed by atoms with Crippen molar-refractivity contribution in [2.45, 2.75) is 63.8 Å². The Labute approximate surface area is 162 Å². The third kappa shape index (κ3) is 8.80. The molecule has 0 bridgehead atoms. The second-order valence-corrected chi connectivity index (χ2v) is 8.08. The molecule has 0 saturated carbocycles. The van der Waals surface area contributed by atoms with E-state index in [1.165, 1.54) is 19.1 Å². The standard InChI is InChI=1S/C21H27NO4S/c1-4-5-6-7-8-9-10-19(23)13-16-21(24)18(3)22-27(25,26)20-14-11-17(2)12-15-20/h11-16,18,22H,4-8H2,1-3H3/b16-13-. The zero-order valence-corrected chi connectivity index (χ0v) is 16.9. The Kier molecular flexibility index (Phi) is 9.70. The quantitative estimate of drug-likeness (QED) is 0.288. The Morgan fingerprint density at radius 3 is 2.41 bits per heavy atom. The molecule has 1 aromatic carbocycles. The molecular formula is C21H27NO4S. The van der Waals surface area contributed by atoms with Gasteiger partial charge in [0, 0.05) is 6.42 Å². The van der Waals surface area contributed by atoms with E-state index in [2.05, 4.69) is 23.5 Å². The number of rotatable bonds is 10. The highest BCUT2D eigenvalue weighted by atomic mass is 32.2. The van der Waals surface area contributed by atoms with Crippen molar-refractivity contribution in [3.63, 3.8) is 0 Å². The predicted octanol–water partition coefficient (Wildman–Crippen LogP) is 3.33. The SMILES string of the molecule is CCCCCCC#CC(=O)/C=C\C(=O)C(C)NS(=O)(=O)c1ccc(C)cc1. The molecule has 5 nitrogen and oxygen atoms in total. The van der Waals surface area contributed by atoms with Crippen molar-refractivity contribution in [1.82, 2.24) is 4.72 Å². The van der Waals surface area contributed by atoms with Crippen LogP contribution in [0.3, 0.4) is 0 Å². The second kappa shape index (κ2) is 11.5. The molecule has 0 aromatic heterocycles. The highest BCUT2D eigenvalue weighted by Gasteiger charge is 2.20. The zero-order chi connectivity index (χ0) is 20.3. The number of sulfonamides is 1. The minimum absolute atomic E-state index is 0.0849. The minimum atomic E-state index is -3.80. The second-order valence-electron chi connectivity index (χ2n) is 6.37. The maximum atomic E-state index is 12.3. The summed E-state index contributed by atoms with van der Waals surface area (Å²) in [6.07, 6.45) is 7.14. The fourth-order valence-electron chi connectivity index (χ4n) is 2.21. The predicted molar refractivity (Wildman–Crippen MR) is 107 cm³/mol. The first-order valence-corrected chi connectivity index (χ1v) is 10.6. The van der Waals surface area contributed by atoms with E-state index in [9.17, 15) is 18.0 Å². The lowest BCUT2D eigenvalue weighted by Crippen LogP contribution is -2.37. The van der Waals surface area contributed by atoms with Crippen molar-refractivity contribution in [2.24, 2.45) is 0 Å². The summed E-state index contributed by atoms with van der Waals surface area (Å²) < 4.78 is 26.8. The van der Waals surface area contributed by atoms with Crippen LogP contribution in [0, 0.1) is 18.8 Å². The molecule has 0 amide bonds. The van der Waals surface area contributed by atoms with Crippen LogP contribution in [0.1, 0.15) is 51.5 Å². The van der Waals surface area contributed by atoms with Gasteiger partial charge in [-0.05, 0) is 50.5 Å². The van der Waals surface area contributed by atoms with Crippen molar-refractivity contribution in [3.05, 3.63) is 42.0 Å². The first-order chi connectivity index (χ1) is 12.8. The van der Waals surface area contributed by atoms with Gasteiger partial charge < -0.3 is 0 Å². The molecule has 0 saturated heterocycles. The minimum Gasteiger partial charge on any atom is -0.293 e. The fraction of sp³-hybridized carbons (Fsp3) is 0.429. The summed E-state index contributed by atoms with van der Waals surface area (Å²) in [4.78, 5) is 23.8. The molecule has 0 fully saturated rings. The Morgan fingerprint density at radius 2 is 1.78 bits per heavy atom. The molecule has 0 aliphatic carbocycles. The lowest BCUT2D eigenvalue weighted by molar-refractivity contribution is -0.116. The van der Waals surface area contributed by atoms with Crippen LogP contribution in [0.4, 0.5) is 0 Å². The summed E-state index contributed by atoms with van der Waals surface area (Å²) in [6.45, 7) is 5.41. The van der Waals surface area contributed by atoms with E-state index in [1.54, 1.807) is 12.1 Å². The molecule has 1 atom stereocenters. The van der Waals surface area contributed by atoms with Crippen molar-refractivity contribution in [1.29, 1.82) is 0 Å². The first-order valence-electron chi connectivity index (χ1n) is 9.10. The van der Waals surface area contributed by atoms with E-state index < -0.39 is 27.6 Å². The normalized spacial score (nSPS) is 12.4. The highest BCUT2D eigenvalue weighted by molar-refractivity contribution is 7.89. The molecule has 0 aliphatic rings. The summed E-state index contributed by atoms with van der Waals surface area (Å²) >= 11 is 0. The van der Waals surface area contributed by atoms with Gasteiger partial charge in [-0.1, -0.05) is 49.8 Å². The molecule has 0 radical (unpaired) electrons. The Balaban J connectivity index is 2.56. The summed E-state index contributed by atoms with van der Waals surface area (Å²) in [7, 11) is -3.80. The lowest BCUT2D eigenvalue weighted by atomic mass is 10.1. The maximum absolute atomic E-state index is 12.3. The molecule has 0 spiro atoms. The van der Waals surface area contributed by atoms with Crippen LogP contribution in [-0.4, -0.2) is 26.0 Å². The summed E-state index contributed by atoms with van der Waals surface area (Å²) in [5.74, 6) is 4.28. The summed E-state index contributed by atoms with van der Waals surface area (Å²) in [6, 6.07) is 5.33. The molecule has 6 heteroatoms. The van der Waals surface area contributed by atoms with Gasteiger partial charge in [-0.2, -0.15) is 0 Å². The number of hydrogen-bond donors (Lipinski definition) is 1. The zero-order valence-electron chi connectivity index (χ0n) is 16.1. The number of hydrogen-bond acceptors (Lipinski definition) is 4. The number of benzene rings is 1. The van der Waals surface area contributed by atoms with E-state index in [4.69, 9.17) is 0 Å². The number of allylic oxidation sites excluding steroid dienone is 1. The van der Waals surface area contributed by atoms with Gasteiger partial charge in [0.05, 0.1) is 10.9 Å². The van der Waals surface area contributed by atoms with Crippen LogP contribution in [0.5, 0.6) is 0 Å². The number of nitrogens with one attached hydrogen (secondary N) is 1. The van der Waals surface area contributed by atoms with Gasteiger partial charge in [-0.25, -0.2) is 13.1 Å². The molecule has 27 heavy (non-hydrogen) atoms. The lowest BCUT2D eigenvalue weighted by Gasteiger charge is -2.11. The van der Waals surface area contributed by atoms with Crippen LogP contribution < -0.4 is 4.72 Å². The number of carbonyl (C=O) groups is 2. The van der Waals surface area contributed by atoms with Crippen LogP contribution in [0.15, 0.2) is 41.3 Å². The van der Waals surface area contributed by atoms with E-state index in [1.807, 2.05) is 6.92 Å². The van der Waals surface area contributed by atoms with Gasteiger partial charge >= 0.3 is 0 Å². The maximum Gasteiger partial charge on any atom is 0.241 e. The molecule has 1 aromatic rings. The van der Waals surface area contributed by atoms with Gasteiger partial charge in [-0.15, -0.1) is 0 Å². The van der Waals surface area contributed by atoms with Crippen molar-refractivity contribution < 1.29 is 18.0 Å². The van der Waals surface area contributed by atoms with Gasteiger partial charge in [-0.3, -0.25) is 9.59 Å². The summed E-state index contributed by atoms with van der Waals surface area (Å²) in [5.41, 5.74) is 0.936. The molecule has 0 aliphatic heterocycles.